The molecular weight excluding hydrogens is 250 g/mol. The predicted molar refractivity (Wildman–Crippen MR) is 63.8 cm³/mol. The molecule has 0 spiro atoms. The lowest BCUT2D eigenvalue weighted by Gasteiger charge is -2.02. The number of aromatic carboxylic acids is 1. The summed E-state index contributed by atoms with van der Waals surface area (Å²) >= 11 is 7.22. The topological polar surface area (TPSA) is 59.3 Å². The van der Waals surface area contributed by atoms with E-state index in [1.165, 1.54) is 17.5 Å². The molecule has 0 aromatic carbocycles. The number of carboxylic acid groups (broad SMARTS) is 1. The lowest BCUT2D eigenvalue weighted by molar-refractivity contribution is 0.0695. The standard InChI is InChI=1S/C10H8ClNO3S/c1-4-6-7(13)5(10(14)15)3-12(2)9(6)16-8(4)11/h3H,1-2H3,(H,14,15). The zero-order valence-electron chi connectivity index (χ0n) is 8.57. The van der Waals surface area contributed by atoms with Crippen LogP contribution in [0.5, 0.6) is 0 Å². The van der Waals surface area contributed by atoms with Gasteiger partial charge in [0.2, 0.25) is 5.43 Å². The fourth-order valence-electron chi connectivity index (χ4n) is 1.58. The molecule has 84 valence electrons. The monoisotopic (exact) mass is 257 g/mol. The zero-order chi connectivity index (χ0) is 12.0. The van der Waals surface area contributed by atoms with E-state index in [0.29, 0.717) is 20.1 Å². The highest BCUT2D eigenvalue weighted by molar-refractivity contribution is 7.22. The molecule has 0 unspecified atom stereocenters. The molecule has 1 N–H and O–H groups in total. The maximum absolute atomic E-state index is 11.9. The molecule has 2 rings (SSSR count). The van der Waals surface area contributed by atoms with Crippen LogP contribution < -0.4 is 5.43 Å². The van der Waals surface area contributed by atoms with Crippen LogP contribution in [0, 0.1) is 6.92 Å². The van der Waals surface area contributed by atoms with Gasteiger partial charge in [0.25, 0.3) is 0 Å². The van der Waals surface area contributed by atoms with Crippen molar-refractivity contribution in [3.63, 3.8) is 0 Å². The predicted octanol–water partition coefficient (Wildman–Crippen LogP) is 2.26. The Morgan fingerprint density at radius 3 is 2.75 bits per heavy atom. The van der Waals surface area contributed by atoms with Crippen molar-refractivity contribution in [2.45, 2.75) is 6.92 Å². The van der Waals surface area contributed by atoms with Crippen molar-refractivity contribution >= 4 is 39.1 Å². The third-order valence-electron chi connectivity index (χ3n) is 2.42. The summed E-state index contributed by atoms with van der Waals surface area (Å²) < 4.78 is 2.13. The molecule has 2 aromatic heterocycles. The van der Waals surface area contributed by atoms with Crippen LogP contribution in [0.15, 0.2) is 11.0 Å². The fourth-order valence-corrected chi connectivity index (χ4v) is 2.87. The minimum Gasteiger partial charge on any atom is -0.477 e. The molecule has 0 aliphatic carbocycles. The summed E-state index contributed by atoms with van der Waals surface area (Å²) in [5, 5.41) is 9.30. The van der Waals surface area contributed by atoms with Gasteiger partial charge in [0.05, 0.1) is 9.72 Å². The molecular formula is C10H8ClNO3S. The Bertz CT molecular complexity index is 656. The van der Waals surface area contributed by atoms with E-state index >= 15 is 0 Å². The number of rotatable bonds is 1. The van der Waals surface area contributed by atoms with Crippen LogP contribution in [0.1, 0.15) is 15.9 Å². The van der Waals surface area contributed by atoms with E-state index in [2.05, 4.69) is 0 Å². The molecule has 0 saturated carbocycles. The number of aryl methyl sites for hydroxylation is 2. The second kappa shape index (κ2) is 3.61. The SMILES string of the molecule is Cc1c(Cl)sc2c1c(=O)c(C(=O)O)cn2C. The van der Waals surface area contributed by atoms with Crippen LogP contribution >= 0.6 is 22.9 Å². The number of nitrogens with zero attached hydrogens (tertiary/aromatic N) is 1. The maximum atomic E-state index is 11.9. The van der Waals surface area contributed by atoms with Crippen LogP contribution in [-0.2, 0) is 7.05 Å². The maximum Gasteiger partial charge on any atom is 0.341 e. The third kappa shape index (κ3) is 1.44. The second-order valence-corrected chi connectivity index (χ2v) is 5.07. The highest BCUT2D eigenvalue weighted by Crippen LogP contribution is 2.32. The molecule has 0 aliphatic rings. The van der Waals surface area contributed by atoms with Crippen molar-refractivity contribution in [3.05, 3.63) is 31.9 Å². The van der Waals surface area contributed by atoms with E-state index in [9.17, 15) is 9.59 Å². The van der Waals surface area contributed by atoms with E-state index in [1.807, 2.05) is 0 Å². The lowest BCUT2D eigenvalue weighted by Crippen LogP contribution is -2.17. The molecule has 0 saturated heterocycles. The lowest BCUT2D eigenvalue weighted by atomic mass is 10.1. The summed E-state index contributed by atoms with van der Waals surface area (Å²) in [7, 11) is 1.69. The third-order valence-corrected chi connectivity index (χ3v) is 4.10. The molecule has 16 heavy (non-hydrogen) atoms. The summed E-state index contributed by atoms with van der Waals surface area (Å²) in [6, 6.07) is 0. The number of fused-ring (bicyclic) bond motifs is 1. The van der Waals surface area contributed by atoms with Crippen molar-refractivity contribution in [2.75, 3.05) is 0 Å². The first kappa shape index (κ1) is 11.2. The Morgan fingerprint density at radius 1 is 1.56 bits per heavy atom. The van der Waals surface area contributed by atoms with Gasteiger partial charge < -0.3 is 9.67 Å². The van der Waals surface area contributed by atoms with Crippen LogP contribution in [0.2, 0.25) is 4.34 Å². The second-order valence-electron chi connectivity index (χ2n) is 3.47. The molecule has 0 amide bonds. The largest absolute Gasteiger partial charge is 0.477 e. The molecule has 0 radical (unpaired) electrons. The van der Waals surface area contributed by atoms with E-state index in [1.54, 1.807) is 18.5 Å². The molecule has 0 aliphatic heterocycles. The number of carboxylic acids is 1. The van der Waals surface area contributed by atoms with Crippen LogP contribution in [0.4, 0.5) is 0 Å². The van der Waals surface area contributed by atoms with Crippen molar-refractivity contribution in [2.24, 2.45) is 7.05 Å². The van der Waals surface area contributed by atoms with Gasteiger partial charge in [0.1, 0.15) is 10.4 Å². The first-order valence-electron chi connectivity index (χ1n) is 4.45. The van der Waals surface area contributed by atoms with E-state index in [4.69, 9.17) is 16.7 Å². The number of hydrogen-bond acceptors (Lipinski definition) is 3. The van der Waals surface area contributed by atoms with Crippen molar-refractivity contribution in [1.29, 1.82) is 0 Å². The Labute approximate surface area is 99.7 Å². The minimum absolute atomic E-state index is 0.229. The molecule has 2 heterocycles. The fraction of sp³-hybridized carbons (Fsp3) is 0.200. The Kier molecular flexibility index (Phi) is 2.52. The number of thiophene rings is 1. The number of halogens is 1. The van der Waals surface area contributed by atoms with Gasteiger partial charge in [-0.1, -0.05) is 11.6 Å². The summed E-state index contributed by atoms with van der Waals surface area (Å²) in [5.74, 6) is -1.22. The summed E-state index contributed by atoms with van der Waals surface area (Å²) in [6.07, 6.45) is 1.32. The van der Waals surface area contributed by atoms with Gasteiger partial charge in [-0.15, -0.1) is 11.3 Å². The number of carbonyl (C=O) groups is 1. The Hall–Kier alpha value is -1.33. The first-order chi connectivity index (χ1) is 7.43. The molecule has 2 aromatic rings. The summed E-state index contributed by atoms with van der Waals surface area (Å²) in [6.45, 7) is 1.72. The molecule has 6 heteroatoms. The number of aromatic nitrogens is 1. The molecule has 0 fully saturated rings. The van der Waals surface area contributed by atoms with Crippen LogP contribution in [0.3, 0.4) is 0 Å². The average Bonchev–Trinajstić information content (AvgIpc) is 2.50. The average molecular weight is 258 g/mol. The Balaban J connectivity index is 3.04. The summed E-state index contributed by atoms with van der Waals surface area (Å²) in [4.78, 5) is 23.5. The number of hydrogen-bond donors (Lipinski definition) is 1. The van der Waals surface area contributed by atoms with Gasteiger partial charge in [0.15, 0.2) is 0 Å². The highest BCUT2D eigenvalue weighted by atomic mass is 35.5. The van der Waals surface area contributed by atoms with E-state index in [-0.39, 0.29) is 5.56 Å². The van der Waals surface area contributed by atoms with Crippen molar-refractivity contribution in [1.82, 2.24) is 4.57 Å². The normalized spacial score (nSPS) is 10.9. The number of pyridine rings is 1. The van der Waals surface area contributed by atoms with Crippen LogP contribution in [0.25, 0.3) is 10.2 Å². The van der Waals surface area contributed by atoms with Gasteiger partial charge in [-0.05, 0) is 12.5 Å². The van der Waals surface area contributed by atoms with Gasteiger partial charge in [-0.2, -0.15) is 0 Å². The van der Waals surface area contributed by atoms with Gasteiger partial charge in [-0.3, -0.25) is 4.79 Å². The Morgan fingerprint density at radius 2 is 2.19 bits per heavy atom. The summed E-state index contributed by atoms with van der Waals surface area (Å²) in [5.41, 5.74) is -0.0563. The zero-order valence-corrected chi connectivity index (χ0v) is 10.1. The van der Waals surface area contributed by atoms with E-state index in [0.717, 1.165) is 0 Å². The molecule has 0 bridgehead atoms. The van der Waals surface area contributed by atoms with Crippen molar-refractivity contribution in [3.8, 4) is 0 Å². The van der Waals surface area contributed by atoms with Crippen molar-refractivity contribution < 1.29 is 9.90 Å². The van der Waals surface area contributed by atoms with E-state index < -0.39 is 11.4 Å². The molecule has 0 atom stereocenters. The van der Waals surface area contributed by atoms with Gasteiger partial charge >= 0.3 is 5.97 Å². The van der Waals surface area contributed by atoms with Gasteiger partial charge in [0, 0.05) is 13.2 Å². The highest BCUT2D eigenvalue weighted by Gasteiger charge is 2.18. The molecule has 4 nitrogen and oxygen atoms in total. The smallest absolute Gasteiger partial charge is 0.341 e. The van der Waals surface area contributed by atoms with Crippen LogP contribution in [-0.4, -0.2) is 15.6 Å². The first-order valence-corrected chi connectivity index (χ1v) is 5.64. The van der Waals surface area contributed by atoms with Gasteiger partial charge in [-0.25, -0.2) is 4.79 Å². The quantitative estimate of drug-likeness (QED) is 0.853. The minimum atomic E-state index is -1.22.